The standard InChI is InChI=1S/C26H26N4O5/c1-24(2)25(3)9-10-26(24,23(32)30-29-22(31)14-7-5-6-8-17(14)33-4)21-20(25)27-15-11-18-19(35-13-34-18)12-16(15)28-21/h5-8,11-12H,9-10,13H2,1-4H3,(H,29,31)(H,30,32). The van der Waals surface area contributed by atoms with Crippen molar-refractivity contribution in [1.29, 1.82) is 0 Å². The molecule has 2 aromatic carbocycles. The highest BCUT2D eigenvalue weighted by Gasteiger charge is 2.73. The van der Waals surface area contributed by atoms with Gasteiger partial charge in [-0.3, -0.25) is 20.4 Å². The second-order valence-corrected chi connectivity index (χ2v) is 10.1. The number of hydrogen-bond donors (Lipinski definition) is 2. The molecule has 2 N–H and O–H groups in total. The molecule has 180 valence electrons. The van der Waals surface area contributed by atoms with E-state index in [-0.39, 0.29) is 18.1 Å². The molecular weight excluding hydrogens is 448 g/mol. The molecule has 2 bridgehead atoms. The average molecular weight is 475 g/mol. The Hall–Kier alpha value is -3.88. The third-order valence-corrected chi connectivity index (χ3v) is 8.56. The highest BCUT2D eigenvalue weighted by Crippen LogP contribution is 2.70. The van der Waals surface area contributed by atoms with Gasteiger partial charge in [-0.25, -0.2) is 9.97 Å². The predicted octanol–water partition coefficient (Wildman–Crippen LogP) is 3.16. The number of fused-ring (bicyclic) bond motifs is 7. The largest absolute Gasteiger partial charge is 0.496 e. The van der Waals surface area contributed by atoms with Gasteiger partial charge in [-0.2, -0.15) is 0 Å². The lowest BCUT2D eigenvalue weighted by molar-refractivity contribution is -0.131. The molecule has 3 aromatic rings. The van der Waals surface area contributed by atoms with Crippen LogP contribution >= 0.6 is 0 Å². The fourth-order valence-electron chi connectivity index (χ4n) is 6.12. The molecule has 1 aliphatic heterocycles. The van der Waals surface area contributed by atoms with Crippen LogP contribution in [0.1, 0.15) is 55.4 Å². The normalized spacial score (nSPS) is 24.8. The highest BCUT2D eigenvalue weighted by atomic mass is 16.7. The number of para-hydroxylation sites is 1. The smallest absolute Gasteiger partial charge is 0.273 e. The lowest BCUT2D eigenvalue weighted by Crippen LogP contribution is -2.55. The van der Waals surface area contributed by atoms with Gasteiger partial charge < -0.3 is 14.2 Å². The Morgan fingerprint density at radius 3 is 2.29 bits per heavy atom. The first-order valence-corrected chi connectivity index (χ1v) is 11.6. The number of hydrazine groups is 1. The van der Waals surface area contributed by atoms with Gasteiger partial charge in [-0.1, -0.05) is 32.9 Å². The summed E-state index contributed by atoms with van der Waals surface area (Å²) in [4.78, 5) is 36.7. The van der Waals surface area contributed by atoms with E-state index in [1.165, 1.54) is 7.11 Å². The van der Waals surface area contributed by atoms with Crippen LogP contribution in [0.3, 0.4) is 0 Å². The summed E-state index contributed by atoms with van der Waals surface area (Å²) in [5.41, 5.74) is 6.63. The van der Waals surface area contributed by atoms with E-state index in [4.69, 9.17) is 24.2 Å². The highest BCUT2D eigenvalue weighted by molar-refractivity contribution is 5.99. The van der Waals surface area contributed by atoms with Crippen molar-refractivity contribution in [3.05, 3.63) is 53.3 Å². The van der Waals surface area contributed by atoms with Gasteiger partial charge >= 0.3 is 0 Å². The number of methoxy groups -OCH3 is 1. The maximum absolute atomic E-state index is 13.9. The van der Waals surface area contributed by atoms with Crippen molar-refractivity contribution in [2.24, 2.45) is 5.41 Å². The van der Waals surface area contributed by atoms with Gasteiger partial charge in [0.1, 0.15) is 11.2 Å². The minimum atomic E-state index is -0.956. The topological polar surface area (TPSA) is 112 Å². The number of benzene rings is 2. The van der Waals surface area contributed by atoms with Gasteiger partial charge in [0.2, 0.25) is 6.79 Å². The molecule has 2 aliphatic carbocycles. The molecule has 2 amide bonds. The molecule has 35 heavy (non-hydrogen) atoms. The molecule has 6 rings (SSSR count). The van der Waals surface area contributed by atoms with Crippen molar-refractivity contribution in [2.45, 2.75) is 44.4 Å². The SMILES string of the molecule is COc1ccccc1C(=O)NNC(=O)C12CCC(C)(c3nc4cc5c(cc4nc31)OCO5)C2(C)C. The number of ether oxygens (including phenoxy) is 3. The first kappa shape index (κ1) is 21.6. The maximum Gasteiger partial charge on any atom is 0.273 e. The fourth-order valence-corrected chi connectivity index (χ4v) is 6.12. The number of nitrogens with one attached hydrogen (secondary N) is 2. The summed E-state index contributed by atoms with van der Waals surface area (Å²) in [7, 11) is 1.50. The molecule has 0 radical (unpaired) electrons. The number of amides is 2. The molecular formula is C26H26N4O5. The van der Waals surface area contributed by atoms with E-state index >= 15 is 0 Å². The Balaban J connectivity index is 1.39. The van der Waals surface area contributed by atoms with Crippen molar-refractivity contribution < 1.29 is 23.8 Å². The molecule has 0 spiro atoms. The minimum Gasteiger partial charge on any atom is -0.496 e. The third-order valence-electron chi connectivity index (χ3n) is 8.56. The molecule has 2 heterocycles. The van der Waals surface area contributed by atoms with Crippen LogP contribution in [0.25, 0.3) is 11.0 Å². The Labute approximate surface area is 202 Å². The van der Waals surface area contributed by atoms with Crippen molar-refractivity contribution in [2.75, 3.05) is 13.9 Å². The Bertz CT molecular complexity index is 1420. The third kappa shape index (κ3) is 2.63. The van der Waals surface area contributed by atoms with Gasteiger partial charge in [-0.15, -0.1) is 0 Å². The second-order valence-electron chi connectivity index (χ2n) is 10.1. The zero-order valence-electron chi connectivity index (χ0n) is 20.0. The summed E-state index contributed by atoms with van der Waals surface area (Å²) in [6.45, 7) is 6.48. The zero-order valence-corrected chi connectivity index (χ0v) is 20.0. The van der Waals surface area contributed by atoms with Crippen molar-refractivity contribution in [1.82, 2.24) is 20.8 Å². The summed E-state index contributed by atoms with van der Waals surface area (Å²) in [5.74, 6) is 0.922. The predicted molar refractivity (Wildman–Crippen MR) is 126 cm³/mol. The molecule has 1 fully saturated rings. The van der Waals surface area contributed by atoms with E-state index in [0.717, 1.165) is 12.1 Å². The second kappa shape index (κ2) is 7.07. The zero-order chi connectivity index (χ0) is 24.6. The van der Waals surface area contributed by atoms with E-state index in [0.29, 0.717) is 46.0 Å². The van der Waals surface area contributed by atoms with Crippen molar-refractivity contribution >= 4 is 22.8 Å². The van der Waals surface area contributed by atoms with Gasteiger partial charge in [0.25, 0.3) is 11.8 Å². The van der Waals surface area contributed by atoms with Gasteiger partial charge in [0, 0.05) is 17.5 Å². The molecule has 3 aliphatic rings. The van der Waals surface area contributed by atoms with Crippen LogP contribution in [0.15, 0.2) is 36.4 Å². The molecule has 2 unspecified atom stereocenters. The summed E-state index contributed by atoms with van der Waals surface area (Å²) in [6.07, 6.45) is 1.39. The summed E-state index contributed by atoms with van der Waals surface area (Å²) in [5, 5.41) is 0. The van der Waals surface area contributed by atoms with Crippen LogP contribution in [0.2, 0.25) is 0 Å². The van der Waals surface area contributed by atoms with Gasteiger partial charge in [0.15, 0.2) is 11.5 Å². The summed E-state index contributed by atoms with van der Waals surface area (Å²) >= 11 is 0. The van der Waals surface area contributed by atoms with E-state index < -0.39 is 16.7 Å². The number of hydrogen-bond acceptors (Lipinski definition) is 7. The number of carbonyl (C=O) groups is 2. The van der Waals surface area contributed by atoms with Crippen molar-refractivity contribution in [3.63, 3.8) is 0 Å². The van der Waals surface area contributed by atoms with Crippen LogP contribution in [0.5, 0.6) is 17.2 Å². The number of rotatable bonds is 3. The Morgan fingerprint density at radius 1 is 0.943 bits per heavy atom. The average Bonchev–Trinajstić information content (AvgIpc) is 3.43. The lowest BCUT2D eigenvalue weighted by atomic mass is 9.63. The van der Waals surface area contributed by atoms with E-state index in [2.05, 4.69) is 31.6 Å². The summed E-state index contributed by atoms with van der Waals surface area (Å²) < 4.78 is 16.3. The number of aromatic nitrogens is 2. The first-order chi connectivity index (χ1) is 16.7. The van der Waals surface area contributed by atoms with Gasteiger partial charge in [0.05, 0.1) is 35.1 Å². The molecule has 9 heteroatoms. The van der Waals surface area contributed by atoms with Gasteiger partial charge in [-0.05, 0) is 30.4 Å². The van der Waals surface area contributed by atoms with Crippen molar-refractivity contribution in [3.8, 4) is 17.2 Å². The molecule has 0 saturated heterocycles. The molecule has 9 nitrogen and oxygen atoms in total. The maximum atomic E-state index is 13.9. The minimum absolute atomic E-state index is 0.161. The molecule has 1 aromatic heterocycles. The molecule has 1 saturated carbocycles. The van der Waals surface area contributed by atoms with Crippen LogP contribution in [-0.2, 0) is 15.6 Å². The number of nitrogens with zero attached hydrogens (tertiary/aromatic N) is 2. The van der Waals surface area contributed by atoms with E-state index in [1.54, 1.807) is 30.3 Å². The molecule has 2 atom stereocenters. The van der Waals surface area contributed by atoms with Crippen LogP contribution in [0, 0.1) is 5.41 Å². The van der Waals surface area contributed by atoms with Crippen LogP contribution < -0.4 is 25.1 Å². The number of carbonyl (C=O) groups excluding carboxylic acids is 2. The quantitative estimate of drug-likeness (QED) is 0.561. The van der Waals surface area contributed by atoms with E-state index in [1.807, 2.05) is 6.07 Å². The fraction of sp³-hybridized carbons (Fsp3) is 0.385. The monoisotopic (exact) mass is 474 g/mol. The van der Waals surface area contributed by atoms with Crippen LogP contribution in [-0.4, -0.2) is 35.7 Å². The first-order valence-electron chi connectivity index (χ1n) is 11.6. The Kier molecular flexibility index (Phi) is 4.37. The van der Waals surface area contributed by atoms with Crippen LogP contribution in [0.4, 0.5) is 0 Å². The summed E-state index contributed by atoms with van der Waals surface area (Å²) in [6, 6.07) is 10.5. The van der Waals surface area contributed by atoms with E-state index in [9.17, 15) is 9.59 Å². The Morgan fingerprint density at radius 2 is 1.60 bits per heavy atom. The lowest BCUT2D eigenvalue weighted by Gasteiger charge is -2.39.